The summed E-state index contributed by atoms with van der Waals surface area (Å²) in [5, 5.41) is 14.1. The van der Waals surface area contributed by atoms with Crippen LogP contribution in [0.1, 0.15) is 69.8 Å². The highest BCUT2D eigenvalue weighted by Crippen LogP contribution is 2.27. The molecule has 4 aromatic rings. The highest BCUT2D eigenvalue weighted by Gasteiger charge is 2.25. The molecule has 1 atom stereocenters. The number of fused-ring (bicyclic) bond motifs is 1. The molecular weight excluding hydrogens is 558 g/mol. The van der Waals surface area contributed by atoms with Crippen molar-refractivity contribution in [3.8, 4) is 0 Å². The topological polar surface area (TPSA) is 89.3 Å². The van der Waals surface area contributed by atoms with Gasteiger partial charge >= 0.3 is 0 Å². The minimum absolute atomic E-state index is 0.401. The van der Waals surface area contributed by atoms with E-state index in [1.54, 1.807) is 14.1 Å². The fraction of sp³-hybridized carbons (Fsp3) is 0.432. The highest BCUT2D eigenvalue weighted by molar-refractivity contribution is 5.86. The Balaban J connectivity index is 0.000000359. The summed E-state index contributed by atoms with van der Waals surface area (Å²) < 4.78 is 2.19. The number of carbonyl (C=O) groups is 1. The maximum atomic E-state index is 9.43. The average Bonchev–Trinajstić information content (AvgIpc) is 3.48. The number of rotatable bonds is 7. The molecule has 0 radical (unpaired) electrons. The van der Waals surface area contributed by atoms with Gasteiger partial charge in [0.05, 0.1) is 17.4 Å². The van der Waals surface area contributed by atoms with Crippen molar-refractivity contribution in [2.45, 2.75) is 67.1 Å². The van der Waals surface area contributed by atoms with Gasteiger partial charge in [0.25, 0.3) is 0 Å². The lowest BCUT2D eigenvalue weighted by atomic mass is 9.99. The van der Waals surface area contributed by atoms with E-state index in [1.165, 1.54) is 33.3 Å². The summed E-state index contributed by atoms with van der Waals surface area (Å²) in [4.78, 5) is 17.8. The molecule has 1 aliphatic heterocycles. The zero-order chi connectivity index (χ0) is 33.8. The Morgan fingerprint density at radius 1 is 1.04 bits per heavy atom. The Hall–Kier alpha value is -4.01. The quantitative estimate of drug-likeness (QED) is 0.151. The van der Waals surface area contributed by atoms with Crippen LogP contribution in [0.3, 0.4) is 0 Å². The molecule has 1 saturated heterocycles. The number of carbonyl (C=O) groups excluding carboxylic acids is 1. The number of amides is 1. The third-order valence-corrected chi connectivity index (χ3v) is 7.02. The van der Waals surface area contributed by atoms with Crippen molar-refractivity contribution in [1.29, 1.82) is 5.41 Å². The number of benzene rings is 3. The second kappa shape index (κ2) is 21.7. The molecular formula is C37H57N7O. The van der Waals surface area contributed by atoms with Gasteiger partial charge in [-0.2, -0.15) is 0 Å². The minimum atomic E-state index is 0.401. The van der Waals surface area contributed by atoms with E-state index in [-0.39, 0.29) is 0 Å². The van der Waals surface area contributed by atoms with Crippen LogP contribution < -0.4 is 10.6 Å². The lowest BCUT2D eigenvalue weighted by Gasteiger charge is -2.39. The van der Waals surface area contributed by atoms with Gasteiger partial charge in [-0.1, -0.05) is 70.2 Å². The Morgan fingerprint density at radius 2 is 1.71 bits per heavy atom. The van der Waals surface area contributed by atoms with E-state index in [9.17, 15) is 4.79 Å². The van der Waals surface area contributed by atoms with Crippen LogP contribution in [0.2, 0.25) is 0 Å². The lowest BCUT2D eigenvalue weighted by molar-refractivity contribution is -0.115. The number of nitrogens with one attached hydrogen (secondary N) is 3. The Kier molecular flexibility index (Phi) is 18.8. The first-order chi connectivity index (χ1) is 21.8. The Bertz CT molecular complexity index is 1380. The van der Waals surface area contributed by atoms with Gasteiger partial charge in [0, 0.05) is 76.9 Å². The number of aryl methyl sites for hydroxylation is 1. The lowest BCUT2D eigenvalue weighted by Crippen LogP contribution is -2.48. The van der Waals surface area contributed by atoms with Crippen molar-refractivity contribution >= 4 is 29.3 Å². The number of anilines is 1. The van der Waals surface area contributed by atoms with Crippen molar-refractivity contribution < 1.29 is 4.79 Å². The van der Waals surface area contributed by atoms with E-state index in [0.717, 1.165) is 49.4 Å². The third kappa shape index (κ3) is 12.5. The van der Waals surface area contributed by atoms with E-state index < -0.39 is 0 Å². The van der Waals surface area contributed by atoms with Crippen LogP contribution in [-0.2, 0) is 11.3 Å². The molecule has 8 nitrogen and oxygen atoms in total. The normalized spacial score (nSPS) is 13.8. The summed E-state index contributed by atoms with van der Waals surface area (Å²) in [5.74, 6) is 0. The first kappa shape index (κ1) is 39.0. The molecule has 1 aliphatic rings. The van der Waals surface area contributed by atoms with Crippen LogP contribution in [-0.4, -0.2) is 78.8 Å². The molecule has 0 aliphatic carbocycles. The molecule has 8 heteroatoms. The summed E-state index contributed by atoms with van der Waals surface area (Å²) in [6.45, 7) is 18.6. The van der Waals surface area contributed by atoms with Gasteiger partial charge in [-0.3, -0.25) is 9.69 Å². The minimum Gasteiger partial charge on any atom is -0.388 e. The number of hydrogen-bond donors (Lipinski definition) is 3. The fourth-order valence-corrected chi connectivity index (χ4v) is 4.86. The Morgan fingerprint density at radius 3 is 2.29 bits per heavy atom. The Labute approximate surface area is 272 Å². The van der Waals surface area contributed by atoms with E-state index in [1.807, 2.05) is 47.1 Å². The van der Waals surface area contributed by atoms with Crippen molar-refractivity contribution in [1.82, 2.24) is 24.7 Å². The molecule has 2 heterocycles. The molecule has 0 bridgehead atoms. The summed E-state index contributed by atoms with van der Waals surface area (Å²) >= 11 is 0. The molecule has 0 saturated carbocycles. The van der Waals surface area contributed by atoms with Crippen molar-refractivity contribution in [2.24, 2.45) is 0 Å². The molecule has 0 spiro atoms. The number of aromatic nitrogens is 2. The summed E-state index contributed by atoms with van der Waals surface area (Å²) in [6.07, 6.45) is 4.09. The van der Waals surface area contributed by atoms with Gasteiger partial charge in [0.2, 0.25) is 6.41 Å². The van der Waals surface area contributed by atoms with Gasteiger partial charge in [-0.05, 0) is 61.7 Å². The number of hydrogen-bond acceptors (Lipinski definition) is 6. The van der Waals surface area contributed by atoms with Gasteiger partial charge in [0.15, 0.2) is 0 Å². The zero-order valence-corrected chi connectivity index (χ0v) is 29.3. The third-order valence-electron chi connectivity index (χ3n) is 7.02. The summed E-state index contributed by atoms with van der Waals surface area (Å²) in [5.41, 5.74) is 8.09. The molecule has 246 valence electrons. The van der Waals surface area contributed by atoms with E-state index in [0.29, 0.717) is 12.1 Å². The molecule has 3 N–H and O–H groups in total. The van der Waals surface area contributed by atoms with Crippen LogP contribution in [0.25, 0.3) is 11.0 Å². The standard InChI is InChI=1S/C15H24N4.C15H14N2.C3H7NO.2C2H6/c1-11(2)19-7-6-18-10-15(19)12-4-5-14(17-3)13(8-12)9-16;1-12-7-8-14-15(9-12)17(11-16-14)10-13-5-3-2-4-6-13;1-4(2)3-5;2*1-2/h4-5,8-9,11,15-18H,6-7,10H2,1-3H3;2-9,11H,10H2,1H3;3H,1-2H3;2*1-2H3. The monoisotopic (exact) mass is 615 g/mol. The van der Waals surface area contributed by atoms with Crippen LogP contribution in [0.4, 0.5) is 5.69 Å². The molecule has 1 aromatic heterocycles. The average molecular weight is 616 g/mol. The van der Waals surface area contributed by atoms with Crippen LogP contribution in [0.15, 0.2) is 73.1 Å². The van der Waals surface area contributed by atoms with Gasteiger partial charge in [-0.15, -0.1) is 0 Å². The molecule has 1 fully saturated rings. The highest BCUT2D eigenvalue weighted by atomic mass is 16.1. The number of nitrogens with zero attached hydrogens (tertiary/aromatic N) is 4. The van der Waals surface area contributed by atoms with E-state index in [2.05, 4.69) is 107 Å². The first-order valence-electron chi connectivity index (χ1n) is 16.1. The van der Waals surface area contributed by atoms with Crippen LogP contribution in [0, 0.1) is 12.3 Å². The number of imidazole rings is 1. The molecule has 3 aromatic carbocycles. The maximum absolute atomic E-state index is 9.43. The largest absolute Gasteiger partial charge is 0.388 e. The zero-order valence-electron chi connectivity index (χ0n) is 29.3. The maximum Gasteiger partial charge on any atom is 0.209 e. The second-order valence-corrected chi connectivity index (χ2v) is 10.7. The first-order valence-corrected chi connectivity index (χ1v) is 16.1. The predicted molar refractivity (Wildman–Crippen MR) is 194 cm³/mol. The number of piperazine rings is 1. The van der Waals surface area contributed by atoms with Gasteiger partial charge in [-0.25, -0.2) is 4.98 Å². The second-order valence-electron chi connectivity index (χ2n) is 10.7. The predicted octanol–water partition coefficient (Wildman–Crippen LogP) is 7.23. The van der Waals surface area contributed by atoms with Crippen molar-refractivity contribution in [3.63, 3.8) is 0 Å². The molecule has 5 rings (SSSR count). The smallest absolute Gasteiger partial charge is 0.209 e. The van der Waals surface area contributed by atoms with Crippen LogP contribution in [0.5, 0.6) is 0 Å². The summed E-state index contributed by atoms with van der Waals surface area (Å²) in [6, 6.07) is 24.1. The van der Waals surface area contributed by atoms with E-state index in [4.69, 9.17) is 5.41 Å². The molecule has 1 unspecified atom stereocenters. The molecule has 45 heavy (non-hydrogen) atoms. The fourth-order valence-electron chi connectivity index (χ4n) is 4.86. The molecule has 1 amide bonds. The van der Waals surface area contributed by atoms with Crippen molar-refractivity contribution in [3.05, 3.63) is 95.3 Å². The van der Waals surface area contributed by atoms with Gasteiger partial charge in [0.1, 0.15) is 0 Å². The summed E-state index contributed by atoms with van der Waals surface area (Å²) in [7, 11) is 5.27. The SMILES string of the molecule is CC.CC.CN(C)C=O.CNc1ccc(C2CNCCN2C(C)C)cc1C=N.Cc1ccc2ncn(Cc3ccccc3)c2c1. The van der Waals surface area contributed by atoms with Gasteiger partial charge < -0.3 is 25.5 Å². The van der Waals surface area contributed by atoms with Crippen LogP contribution >= 0.6 is 0 Å². The van der Waals surface area contributed by atoms with E-state index >= 15 is 0 Å². The van der Waals surface area contributed by atoms with Crippen molar-refractivity contribution in [2.75, 3.05) is 46.1 Å².